The standard InChI is InChI=1S/C10H14.Na.H2P/c1-10(2,3)9-7-5-4-6-8-9;;/h4-8H,1-3H3;;1H2/q;+1;-1. The van der Waals surface area contributed by atoms with E-state index in [-0.39, 0.29) is 39.5 Å². The summed E-state index contributed by atoms with van der Waals surface area (Å²) in [7, 11) is 0. The van der Waals surface area contributed by atoms with Crippen molar-refractivity contribution in [3.8, 4) is 0 Å². The fraction of sp³-hybridized carbons (Fsp3) is 0.400. The second-order valence-electron chi connectivity index (χ2n) is 3.62. The molecule has 2 heteroatoms. The number of hydrogen-bond acceptors (Lipinski definition) is 0. The molecule has 0 aliphatic carbocycles. The monoisotopic (exact) mass is 190 g/mol. The zero-order valence-electron chi connectivity index (χ0n) is 8.46. The maximum atomic E-state index is 2.22. The fourth-order valence-corrected chi connectivity index (χ4v) is 0.938. The molecule has 0 radical (unpaired) electrons. The number of hydrogen-bond donors (Lipinski definition) is 0. The average molecular weight is 190 g/mol. The first-order valence-electron chi connectivity index (χ1n) is 3.66. The summed E-state index contributed by atoms with van der Waals surface area (Å²) in [4.78, 5) is 0. The molecule has 0 amide bonds. The largest absolute Gasteiger partial charge is 1.00 e. The van der Waals surface area contributed by atoms with Gasteiger partial charge in [0.15, 0.2) is 0 Å². The van der Waals surface area contributed by atoms with Crippen molar-refractivity contribution < 1.29 is 29.6 Å². The van der Waals surface area contributed by atoms with Crippen LogP contribution < -0.4 is 29.6 Å². The van der Waals surface area contributed by atoms with Crippen LogP contribution in [0.15, 0.2) is 30.3 Å². The van der Waals surface area contributed by atoms with Crippen LogP contribution in [-0.4, -0.2) is 0 Å². The molecule has 0 atom stereocenters. The third-order valence-electron chi connectivity index (χ3n) is 1.64. The first-order valence-corrected chi connectivity index (χ1v) is 3.66. The van der Waals surface area contributed by atoms with Crippen molar-refractivity contribution >= 4 is 9.90 Å². The Bertz CT molecular complexity index is 201. The van der Waals surface area contributed by atoms with E-state index in [4.69, 9.17) is 0 Å². The molecular formula is C10H16NaP. The molecule has 62 valence electrons. The molecule has 0 aliphatic heterocycles. The Hall–Kier alpha value is 0.650. The molecule has 0 spiro atoms. The summed E-state index contributed by atoms with van der Waals surface area (Å²) in [6, 6.07) is 10.6. The van der Waals surface area contributed by atoms with Gasteiger partial charge in [0.25, 0.3) is 0 Å². The van der Waals surface area contributed by atoms with Gasteiger partial charge >= 0.3 is 29.6 Å². The van der Waals surface area contributed by atoms with E-state index in [1.165, 1.54) is 5.56 Å². The Morgan fingerprint density at radius 2 is 1.33 bits per heavy atom. The van der Waals surface area contributed by atoms with Gasteiger partial charge in [-0.25, -0.2) is 0 Å². The molecule has 0 fully saturated rings. The molecule has 1 aromatic carbocycles. The van der Waals surface area contributed by atoms with E-state index in [0.29, 0.717) is 5.41 Å². The van der Waals surface area contributed by atoms with Crippen molar-refractivity contribution in [3.63, 3.8) is 0 Å². The predicted octanol–water partition coefficient (Wildman–Crippen LogP) is 0.314. The Labute approximate surface area is 101 Å². The van der Waals surface area contributed by atoms with Crippen molar-refractivity contribution in [2.45, 2.75) is 26.2 Å². The Morgan fingerprint density at radius 3 is 1.58 bits per heavy atom. The molecule has 0 unspecified atom stereocenters. The van der Waals surface area contributed by atoms with Crippen LogP contribution >= 0.6 is 9.90 Å². The summed E-state index contributed by atoms with van der Waals surface area (Å²) in [5.41, 5.74) is 1.69. The molecule has 0 N–H and O–H groups in total. The van der Waals surface area contributed by atoms with E-state index in [2.05, 4.69) is 51.1 Å². The van der Waals surface area contributed by atoms with Crippen LogP contribution in [0.3, 0.4) is 0 Å². The SMILES string of the molecule is CC(C)(C)c1ccccc1.[Na+].[PH2-]. The van der Waals surface area contributed by atoms with Crippen molar-refractivity contribution in [2.24, 2.45) is 0 Å². The zero-order valence-corrected chi connectivity index (χ0v) is 11.6. The van der Waals surface area contributed by atoms with Gasteiger partial charge in [-0.15, -0.1) is 0 Å². The van der Waals surface area contributed by atoms with Gasteiger partial charge < -0.3 is 9.90 Å². The van der Waals surface area contributed by atoms with Crippen LogP contribution in [0, 0.1) is 0 Å². The van der Waals surface area contributed by atoms with E-state index in [1.54, 1.807) is 0 Å². The molecular weight excluding hydrogens is 174 g/mol. The van der Waals surface area contributed by atoms with Crippen molar-refractivity contribution in [1.82, 2.24) is 0 Å². The van der Waals surface area contributed by atoms with Gasteiger partial charge in [0.1, 0.15) is 0 Å². The maximum absolute atomic E-state index is 2.22. The predicted molar refractivity (Wildman–Crippen MR) is 54.9 cm³/mol. The number of benzene rings is 1. The molecule has 1 aromatic rings. The Balaban J connectivity index is 0. The summed E-state index contributed by atoms with van der Waals surface area (Å²) in [6.07, 6.45) is 0. The first kappa shape index (κ1) is 15.1. The maximum Gasteiger partial charge on any atom is 1.00 e. The molecule has 1 rings (SSSR count). The summed E-state index contributed by atoms with van der Waals surface area (Å²) in [6.45, 7) is 6.67. The van der Waals surface area contributed by atoms with Gasteiger partial charge in [0, 0.05) is 0 Å². The Kier molecular flexibility index (Phi) is 7.77. The van der Waals surface area contributed by atoms with Crippen molar-refractivity contribution in [2.75, 3.05) is 0 Å². The van der Waals surface area contributed by atoms with Crippen molar-refractivity contribution in [3.05, 3.63) is 35.9 Å². The minimum atomic E-state index is 0. The normalized spacial score (nSPS) is 9.58. The van der Waals surface area contributed by atoms with Crippen molar-refractivity contribution in [1.29, 1.82) is 0 Å². The van der Waals surface area contributed by atoms with E-state index in [0.717, 1.165) is 0 Å². The van der Waals surface area contributed by atoms with Crippen LogP contribution in [0.1, 0.15) is 26.3 Å². The van der Waals surface area contributed by atoms with Gasteiger partial charge in [-0.05, 0) is 11.0 Å². The number of rotatable bonds is 0. The van der Waals surface area contributed by atoms with Crippen LogP contribution in [0.25, 0.3) is 0 Å². The third-order valence-corrected chi connectivity index (χ3v) is 1.64. The summed E-state index contributed by atoms with van der Waals surface area (Å²) >= 11 is 0. The summed E-state index contributed by atoms with van der Waals surface area (Å²) < 4.78 is 0. The minimum Gasteiger partial charge on any atom is -0.577 e. The topological polar surface area (TPSA) is 0 Å². The fourth-order valence-electron chi connectivity index (χ4n) is 0.938. The van der Waals surface area contributed by atoms with E-state index in [1.807, 2.05) is 0 Å². The van der Waals surface area contributed by atoms with Gasteiger partial charge in [-0.2, -0.15) is 0 Å². The second-order valence-corrected chi connectivity index (χ2v) is 3.62. The summed E-state index contributed by atoms with van der Waals surface area (Å²) in [5.74, 6) is 0. The third kappa shape index (κ3) is 4.62. The van der Waals surface area contributed by atoms with Gasteiger partial charge in [0.05, 0.1) is 0 Å². The Morgan fingerprint density at radius 1 is 0.917 bits per heavy atom. The molecule has 12 heavy (non-hydrogen) atoms. The van der Waals surface area contributed by atoms with Crippen LogP contribution in [-0.2, 0) is 5.41 Å². The van der Waals surface area contributed by atoms with Gasteiger partial charge in [-0.3, -0.25) is 0 Å². The molecule has 0 heterocycles. The van der Waals surface area contributed by atoms with E-state index in [9.17, 15) is 0 Å². The van der Waals surface area contributed by atoms with Gasteiger partial charge in [-0.1, -0.05) is 51.1 Å². The van der Waals surface area contributed by atoms with E-state index >= 15 is 0 Å². The van der Waals surface area contributed by atoms with Crippen LogP contribution in [0.4, 0.5) is 0 Å². The molecule has 0 aliphatic rings. The molecule has 0 bridgehead atoms. The molecule has 0 aromatic heterocycles. The molecule has 0 nitrogen and oxygen atoms in total. The molecule has 0 saturated heterocycles. The van der Waals surface area contributed by atoms with E-state index < -0.39 is 0 Å². The smallest absolute Gasteiger partial charge is 0.577 e. The average Bonchev–Trinajstić information content (AvgIpc) is 1.88. The quantitative estimate of drug-likeness (QED) is 0.408. The second kappa shape index (κ2) is 6.16. The summed E-state index contributed by atoms with van der Waals surface area (Å²) in [5, 5.41) is 0. The van der Waals surface area contributed by atoms with Gasteiger partial charge in [0.2, 0.25) is 0 Å². The van der Waals surface area contributed by atoms with Crippen LogP contribution in [0.5, 0.6) is 0 Å². The van der Waals surface area contributed by atoms with Crippen LogP contribution in [0.2, 0.25) is 0 Å². The zero-order chi connectivity index (χ0) is 7.61. The molecule has 0 saturated carbocycles. The minimum absolute atomic E-state index is 0. The first-order chi connectivity index (χ1) is 4.61.